The maximum Gasteiger partial charge on any atom is 0.243 e. The van der Waals surface area contributed by atoms with E-state index in [0.29, 0.717) is 0 Å². The van der Waals surface area contributed by atoms with Crippen LogP contribution in [0.3, 0.4) is 0 Å². The summed E-state index contributed by atoms with van der Waals surface area (Å²) in [4.78, 5) is 27.2. The molecule has 2 nitrogen and oxygen atoms in total. The van der Waals surface area contributed by atoms with Crippen LogP contribution in [-0.2, 0) is 0 Å². The highest BCUT2D eigenvalue weighted by molar-refractivity contribution is 7.00. The van der Waals surface area contributed by atoms with Crippen molar-refractivity contribution in [1.29, 1.82) is 0 Å². The zero-order chi connectivity index (χ0) is 30.5. The summed E-state index contributed by atoms with van der Waals surface area (Å²) in [6, 6.07) is 50.4. The summed E-state index contributed by atoms with van der Waals surface area (Å²) in [7, 11) is 0. The number of hydrogen-bond donors (Lipinski definition) is 0. The van der Waals surface area contributed by atoms with Crippen LogP contribution in [0.1, 0.15) is 31.8 Å². The molecule has 0 aliphatic carbocycles. The Bertz CT molecular complexity index is 2320. The monoisotopic (exact) mass is 582 g/mol. The first kappa shape index (κ1) is 25.6. The van der Waals surface area contributed by atoms with E-state index in [1.807, 2.05) is 72.8 Å². The lowest BCUT2D eigenvalue weighted by Gasteiger charge is -2.28. The van der Waals surface area contributed by atoms with Gasteiger partial charge in [-0.1, -0.05) is 178 Å². The van der Waals surface area contributed by atoms with Gasteiger partial charge in [-0.25, -0.2) is 0 Å². The van der Waals surface area contributed by atoms with Gasteiger partial charge in [0.05, 0.1) is 0 Å². The molecule has 0 aromatic heterocycles. The smallest absolute Gasteiger partial charge is 0.243 e. The first-order valence-electron chi connectivity index (χ1n) is 15.8. The Kier molecular flexibility index (Phi) is 5.22. The molecule has 0 spiro atoms. The van der Waals surface area contributed by atoms with E-state index in [9.17, 15) is 9.59 Å². The highest BCUT2D eigenvalue weighted by Crippen LogP contribution is 2.34. The second kappa shape index (κ2) is 9.39. The van der Waals surface area contributed by atoms with Crippen molar-refractivity contribution in [2.24, 2.45) is 0 Å². The van der Waals surface area contributed by atoms with E-state index in [1.54, 1.807) is 0 Å². The Balaban J connectivity index is 1.27. The van der Waals surface area contributed by atoms with Crippen LogP contribution in [-0.4, -0.2) is 25.0 Å². The number of carbonyl (C=O) groups is 2. The summed E-state index contributed by atoms with van der Waals surface area (Å²) in [5.74, 6) is 0.188. The lowest BCUT2D eigenvalue weighted by Crippen LogP contribution is -2.58. The number of fused-ring (bicyclic) bond motifs is 4. The van der Waals surface area contributed by atoms with E-state index < -0.39 is 0 Å². The van der Waals surface area contributed by atoms with Crippen molar-refractivity contribution < 1.29 is 9.59 Å². The molecule has 4 heteroatoms. The standard InChI is InChI=1S/C42H24B2O2/c45-41-29-9-1-5-13-33(29)43(34-14-6-2-10-30(34)41)37-23-19-25-18-22-28-38(24-20-26-17-21-27(37)39(25)40(26)28)44-35-15-7-3-11-31(35)42(46)32-12-4-8-16-36(32)44/h1-24H. The van der Waals surface area contributed by atoms with Crippen molar-refractivity contribution in [1.82, 2.24) is 0 Å². The molecule has 2 heterocycles. The van der Waals surface area contributed by atoms with Gasteiger partial charge in [-0.05, 0) is 32.3 Å². The first-order valence-corrected chi connectivity index (χ1v) is 15.8. The van der Waals surface area contributed by atoms with Crippen molar-refractivity contribution >= 4 is 90.1 Å². The summed E-state index contributed by atoms with van der Waals surface area (Å²) in [6.07, 6.45) is 0. The lowest BCUT2D eigenvalue weighted by molar-refractivity contribution is 0.103. The predicted octanol–water partition coefficient (Wildman–Crippen LogP) is 4.71. The minimum absolute atomic E-state index is 0.0581. The molecule has 0 saturated carbocycles. The average Bonchev–Trinajstić information content (AvgIpc) is 3.12. The molecule has 10 rings (SSSR count). The van der Waals surface area contributed by atoms with Gasteiger partial charge in [-0.3, -0.25) is 9.59 Å². The third kappa shape index (κ3) is 3.33. The number of benzene rings is 8. The van der Waals surface area contributed by atoms with Crippen LogP contribution >= 0.6 is 0 Å². The Labute approximate surface area is 266 Å². The van der Waals surface area contributed by atoms with Crippen LogP contribution in [0.15, 0.2) is 146 Å². The zero-order valence-corrected chi connectivity index (χ0v) is 24.8. The molecule has 46 heavy (non-hydrogen) atoms. The van der Waals surface area contributed by atoms with E-state index in [2.05, 4.69) is 72.8 Å². The van der Waals surface area contributed by atoms with Crippen molar-refractivity contribution in [3.05, 3.63) is 168 Å². The molecule has 2 aliphatic heterocycles. The van der Waals surface area contributed by atoms with Gasteiger partial charge in [0, 0.05) is 22.3 Å². The summed E-state index contributed by atoms with van der Waals surface area (Å²) in [5.41, 5.74) is 9.77. The van der Waals surface area contributed by atoms with Crippen LogP contribution in [0, 0.1) is 0 Å². The summed E-state index contributed by atoms with van der Waals surface area (Å²) < 4.78 is 0. The molecule has 2 aliphatic rings. The number of carbonyl (C=O) groups excluding carboxylic acids is 2. The summed E-state index contributed by atoms with van der Waals surface area (Å²) in [6.45, 7) is -0.116. The fourth-order valence-electron chi connectivity index (χ4n) is 8.47. The van der Waals surface area contributed by atoms with E-state index in [-0.39, 0.29) is 25.0 Å². The van der Waals surface area contributed by atoms with E-state index in [0.717, 1.165) is 44.1 Å². The van der Waals surface area contributed by atoms with E-state index in [4.69, 9.17) is 0 Å². The highest BCUT2D eigenvalue weighted by Gasteiger charge is 2.37. The third-order valence-electron chi connectivity index (χ3n) is 10.4. The minimum atomic E-state index is -0.0581. The normalized spacial score (nSPS) is 13.7. The van der Waals surface area contributed by atoms with Crippen molar-refractivity contribution in [3.8, 4) is 0 Å². The molecule has 8 aromatic rings. The molecule has 0 atom stereocenters. The lowest BCUT2D eigenvalue weighted by atomic mass is 9.32. The summed E-state index contributed by atoms with van der Waals surface area (Å²) >= 11 is 0. The molecule has 0 unspecified atom stereocenters. The molecular formula is C42H24B2O2. The molecule has 0 bridgehead atoms. The van der Waals surface area contributed by atoms with Crippen LogP contribution in [0.5, 0.6) is 0 Å². The number of rotatable bonds is 2. The molecule has 8 aromatic carbocycles. The summed E-state index contributed by atoms with van der Waals surface area (Å²) in [5, 5.41) is 7.29. The molecule has 0 N–H and O–H groups in total. The maximum absolute atomic E-state index is 13.6. The van der Waals surface area contributed by atoms with Gasteiger partial charge in [0.25, 0.3) is 0 Å². The van der Waals surface area contributed by atoms with Gasteiger partial charge >= 0.3 is 0 Å². The van der Waals surface area contributed by atoms with Crippen LogP contribution in [0.25, 0.3) is 32.3 Å². The predicted molar refractivity (Wildman–Crippen MR) is 192 cm³/mol. The molecule has 0 radical (unpaired) electrons. The van der Waals surface area contributed by atoms with Crippen LogP contribution < -0.4 is 32.8 Å². The SMILES string of the molecule is O=C1c2ccccc2B(c2ccc3ccc4c(B5c6ccccc6C(=O)c6ccccc65)ccc5ccc2c3c54)c2ccccc21. The van der Waals surface area contributed by atoms with Gasteiger partial charge in [0.15, 0.2) is 11.6 Å². The van der Waals surface area contributed by atoms with Gasteiger partial charge in [-0.15, -0.1) is 0 Å². The first-order chi connectivity index (χ1) is 22.7. The van der Waals surface area contributed by atoms with Crippen LogP contribution in [0.2, 0.25) is 0 Å². The number of hydrogen-bond acceptors (Lipinski definition) is 2. The van der Waals surface area contributed by atoms with Gasteiger partial charge in [0.1, 0.15) is 0 Å². The largest absolute Gasteiger partial charge is 0.289 e. The fraction of sp³-hybridized carbons (Fsp3) is 0. The topological polar surface area (TPSA) is 34.1 Å². The molecular weight excluding hydrogens is 558 g/mol. The maximum atomic E-state index is 13.6. The Morgan fingerprint density at radius 2 is 0.609 bits per heavy atom. The molecule has 0 amide bonds. The van der Waals surface area contributed by atoms with Crippen molar-refractivity contribution in [2.75, 3.05) is 0 Å². The Morgan fingerprint density at radius 3 is 0.957 bits per heavy atom. The zero-order valence-electron chi connectivity index (χ0n) is 24.8. The third-order valence-corrected chi connectivity index (χ3v) is 10.4. The van der Waals surface area contributed by atoms with E-state index >= 15 is 0 Å². The second-order valence-electron chi connectivity index (χ2n) is 12.6. The van der Waals surface area contributed by atoms with Crippen LogP contribution in [0.4, 0.5) is 0 Å². The quantitative estimate of drug-likeness (QED) is 0.219. The Morgan fingerprint density at radius 1 is 0.304 bits per heavy atom. The van der Waals surface area contributed by atoms with Crippen molar-refractivity contribution in [3.63, 3.8) is 0 Å². The fourth-order valence-corrected chi connectivity index (χ4v) is 8.47. The highest BCUT2D eigenvalue weighted by atomic mass is 16.1. The van der Waals surface area contributed by atoms with Gasteiger partial charge in [0.2, 0.25) is 13.4 Å². The van der Waals surface area contributed by atoms with E-state index in [1.165, 1.54) is 43.2 Å². The minimum Gasteiger partial charge on any atom is -0.289 e. The molecule has 210 valence electrons. The number of ketones is 2. The van der Waals surface area contributed by atoms with Gasteiger partial charge < -0.3 is 0 Å². The molecule has 0 saturated heterocycles. The van der Waals surface area contributed by atoms with Gasteiger partial charge in [-0.2, -0.15) is 0 Å². The molecule has 0 fully saturated rings. The second-order valence-corrected chi connectivity index (χ2v) is 12.6. The van der Waals surface area contributed by atoms with Crippen molar-refractivity contribution in [2.45, 2.75) is 0 Å². The Hall–Kier alpha value is -5.73. The average molecular weight is 582 g/mol.